The van der Waals surface area contributed by atoms with E-state index in [2.05, 4.69) is 5.32 Å². The molecule has 0 bridgehead atoms. The molecule has 1 N–H and O–H groups in total. The van der Waals surface area contributed by atoms with E-state index in [0.717, 1.165) is 31.6 Å². The number of carbonyl (C=O) groups is 1. The second kappa shape index (κ2) is 5.83. The van der Waals surface area contributed by atoms with Crippen LogP contribution in [0.25, 0.3) is 0 Å². The standard InChI is InChI=1S/C14H17F3N2O/c1-19(12-6-7-18-9-12)13(20)8-10-2-4-11(5-3-10)14(15,16)17/h2-5,12,18H,6-9H2,1H3. The number of amides is 1. The molecule has 1 fully saturated rings. The van der Waals surface area contributed by atoms with E-state index in [-0.39, 0.29) is 18.4 Å². The van der Waals surface area contributed by atoms with Crippen molar-refractivity contribution in [3.8, 4) is 0 Å². The summed E-state index contributed by atoms with van der Waals surface area (Å²) in [7, 11) is 1.74. The van der Waals surface area contributed by atoms with Gasteiger partial charge in [-0.15, -0.1) is 0 Å². The predicted octanol–water partition coefficient (Wildman–Crippen LogP) is 2.07. The quantitative estimate of drug-likeness (QED) is 0.922. The van der Waals surface area contributed by atoms with E-state index in [9.17, 15) is 18.0 Å². The maximum Gasteiger partial charge on any atom is 0.416 e. The van der Waals surface area contributed by atoms with Crippen molar-refractivity contribution >= 4 is 5.91 Å². The fourth-order valence-electron chi connectivity index (χ4n) is 2.28. The predicted molar refractivity (Wildman–Crippen MR) is 69.2 cm³/mol. The average molecular weight is 286 g/mol. The van der Waals surface area contributed by atoms with Gasteiger partial charge in [0.15, 0.2) is 0 Å². The van der Waals surface area contributed by atoms with E-state index < -0.39 is 11.7 Å². The first-order chi connectivity index (χ1) is 9.38. The van der Waals surface area contributed by atoms with Crippen LogP contribution in [0.3, 0.4) is 0 Å². The van der Waals surface area contributed by atoms with Gasteiger partial charge in [0, 0.05) is 19.6 Å². The molecule has 1 unspecified atom stereocenters. The molecule has 0 radical (unpaired) electrons. The Bertz CT molecular complexity index is 464. The van der Waals surface area contributed by atoms with Crippen LogP contribution in [0.1, 0.15) is 17.5 Å². The molecule has 1 aromatic rings. The Morgan fingerprint density at radius 3 is 2.50 bits per heavy atom. The van der Waals surface area contributed by atoms with E-state index in [0.29, 0.717) is 5.56 Å². The highest BCUT2D eigenvalue weighted by molar-refractivity contribution is 5.78. The van der Waals surface area contributed by atoms with Crippen molar-refractivity contribution in [3.63, 3.8) is 0 Å². The molecule has 0 aromatic heterocycles. The van der Waals surface area contributed by atoms with E-state index in [1.54, 1.807) is 11.9 Å². The molecule has 6 heteroatoms. The maximum absolute atomic E-state index is 12.4. The molecule has 1 aromatic carbocycles. The van der Waals surface area contributed by atoms with Gasteiger partial charge >= 0.3 is 6.18 Å². The zero-order valence-electron chi connectivity index (χ0n) is 11.2. The fraction of sp³-hybridized carbons (Fsp3) is 0.500. The van der Waals surface area contributed by atoms with Gasteiger partial charge in [-0.25, -0.2) is 0 Å². The van der Waals surface area contributed by atoms with Crippen molar-refractivity contribution < 1.29 is 18.0 Å². The Hall–Kier alpha value is -1.56. The molecule has 1 heterocycles. The number of likely N-dealkylation sites (N-methyl/N-ethyl adjacent to an activating group) is 1. The Morgan fingerprint density at radius 1 is 1.35 bits per heavy atom. The van der Waals surface area contributed by atoms with Crippen LogP contribution >= 0.6 is 0 Å². The molecule has 1 saturated heterocycles. The zero-order valence-corrected chi connectivity index (χ0v) is 11.2. The zero-order chi connectivity index (χ0) is 14.8. The fourth-order valence-corrected chi connectivity index (χ4v) is 2.28. The lowest BCUT2D eigenvalue weighted by Gasteiger charge is -2.23. The van der Waals surface area contributed by atoms with Gasteiger partial charge < -0.3 is 10.2 Å². The van der Waals surface area contributed by atoms with Gasteiger partial charge in [0.25, 0.3) is 0 Å². The smallest absolute Gasteiger partial charge is 0.341 e. The molecule has 1 aliphatic heterocycles. The van der Waals surface area contributed by atoms with Crippen LogP contribution in [-0.2, 0) is 17.4 Å². The number of hydrogen-bond acceptors (Lipinski definition) is 2. The number of benzene rings is 1. The lowest BCUT2D eigenvalue weighted by Crippen LogP contribution is -2.39. The lowest BCUT2D eigenvalue weighted by atomic mass is 10.1. The van der Waals surface area contributed by atoms with Crippen molar-refractivity contribution in [2.24, 2.45) is 0 Å². The number of alkyl halides is 3. The summed E-state index contributed by atoms with van der Waals surface area (Å²) in [6, 6.07) is 4.93. The first-order valence-corrected chi connectivity index (χ1v) is 6.50. The Balaban J connectivity index is 1.97. The lowest BCUT2D eigenvalue weighted by molar-refractivity contribution is -0.137. The summed E-state index contributed by atoms with van der Waals surface area (Å²) in [6.45, 7) is 1.66. The third-order valence-corrected chi connectivity index (χ3v) is 3.61. The molecule has 2 rings (SSSR count). The summed E-state index contributed by atoms with van der Waals surface area (Å²) in [5.74, 6) is -0.0709. The van der Waals surface area contributed by atoms with E-state index >= 15 is 0 Å². The topological polar surface area (TPSA) is 32.3 Å². The van der Waals surface area contributed by atoms with E-state index in [4.69, 9.17) is 0 Å². The number of halogens is 3. The molecule has 0 spiro atoms. The summed E-state index contributed by atoms with van der Waals surface area (Å²) in [5, 5.41) is 3.18. The van der Waals surface area contributed by atoms with Crippen molar-refractivity contribution in [2.75, 3.05) is 20.1 Å². The highest BCUT2D eigenvalue weighted by Gasteiger charge is 2.30. The van der Waals surface area contributed by atoms with Crippen LogP contribution in [0.15, 0.2) is 24.3 Å². The van der Waals surface area contributed by atoms with Gasteiger partial charge in [-0.05, 0) is 30.7 Å². The Morgan fingerprint density at radius 2 is 2.00 bits per heavy atom. The van der Waals surface area contributed by atoms with Gasteiger partial charge in [0.05, 0.1) is 12.0 Å². The largest absolute Gasteiger partial charge is 0.416 e. The monoisotopic (exact) mass is 286 g/mol. The van der Waals surface area contributed by atoms with E-state index in [1.807, 2.05) is 0 Å². The molecule has 1 amide bonds. The minimum absolute atomic E-state index is 0.0709. The highest BCUT2D eigenvalue weighted by Crippen LogP contribution is 2.29. The Kier molecular flexibility index (Phi) is 4.32. The van der Waals surface area contributed by atoms with Crippen molar-refractivity contribution in [2.45, 2.75) is 25.1 Å². The second-order valence-electron chi connectivity index (χ2n) is 5.02. The normalized spacial score (nSPS) is 19.1. The summed E-state index contributed by atoms with van der Waals surface area (Å²) in [5.41, 5.74) is -0.0946. The van der Waals surface area contributed by atoms with Gasteiger partial charge in [0.1, 0.15) is 0 Å². The van der Waals surface area contributed by atoms with E-state index in [1.165, 1.54) is 12.1 Å². The SMILES string of the molecule is CN(C(=O)Cc1ccc(C(F)(F)F)cc1)C1CCNC1. The first-order valence-electron chi connectivity index (χ1n) is 6.50. The van der Waals surface area contributed by atoms with Crippen LogP contribution in [-0.4, -0.2) is 37.0 Å². The average Bonchev–Trinajstić information content (AvgIpc) is 2.91. The minimum atomic E-state index is -4.34. The molecule has 3 nitrogen and oxygen atoms in total. The number of carbonyl (C=O) groups excluding carboxylic acids is 1. The number of rotatable bonds is 3. The minimum Gasteiger partial charge on any atom is -0.341 e. The van der Waals surface area contributed by atoms with Crippen LogP contribution in [0, 0.1) is 0 Å². The first kappa shape index (κ1) is 14.8. The summed E-state index contributed by atoms with van der Waals surface area (Å²) in [4.78, 5) is 13.7. The van der Waals surface area contributed by atoms with Gasteiger partial charge in [-0.1, -0.05) is 12.1 Å². The van der Waals surface area contributed by atoms with Crippen LogP contribution in [0.4, 0.5) is 13.2 Å². The summed E-state index contributed by atoms with van der Waals surface area (Å²) < 4.78 is 37.3. The molecule has 0 aliphatic carbocycles. The van der Waals surface area contributed by atoms with Gasteiger partial charge in [0.2, 0.25) is 5.91 Å². The highest BCUT2D eigenvalue weighted by atomic mass is 19.4. The second-order valence-corrected chi connectivity index (χ2v) is 5.02. The summed E-state index contributed by atoms with van der Waals surface area (Å²) in [6.07, 6.45) is -3.30. The molecule has 0 saturated carbocycles. The van der Waals surface area contributed by atoms with Crippen molar-refractivity contribution in [1.29, 1.82) is 0 Å². The molecule has 20 heavy (non-hydrogen) atoms. The number of hydrogen-bond donors (Lipinski definition) is 1. The van der Waals surface area contributed by atoms with Crippen molar-refractivity contribution in [3.05, 3.63) is 35.4 Å². The van der Waals surface area contributed by atoms with Crippen LogP contribution in [0.2, 0.25) is 0 Å². The molecular formula is C14H17F3N2O. The third-order valence-electron chi connectivity index (χ3n) is 3.61. The van der Waals surface area contributed by atoms with Crippen molar-refractivity contribution in [1.82, 2.24) is 10.2 Å². The number of nitrogens with zero attached hydrogens (tertiary/aromatic N) is 1. The summed E-state index contributed by atoms with van der Waals surface area (Å²) >= 11 is 0. The molecule has 1 aliphatic rings. The maximum atomic E-state index is 12.4. The Labute approximate surface area is 115 Å². The molecule has 110 valence electrons. The van der Waals surface area contributed by atoms with Gasteiger partial charge in [-0.2, -0.15) is 13.2 Å². The molecule has 1 atom stereocenters. The molecular weight excluding hydrogens is 269 g/mol. The van der Waals surface area contributed by atoms with Crippen LogP contribution < -0.4 is 5.32 Å². The number of nitrogens with one attached hydrogen (secondary N) is 1. The van der Waals surface area contributed by atoms with Crippen LogP contribution in [0.5, 0.6) is 0 Å². The third kappa shape index (κ3) is 3.50. The van der Waals surface area contributed by atoms with Gasteiger partial charge in [-0.3, -0.25) is 4.79 Å².